The molecule has 2 aromatic rings. The van der Waals surface area contributed by atoms with E-state index in [0.717, 1.165) is 11.3 Å². The van der Waals surface area contributed by atoms with Crippen molar-refractivity contribution >= 4 is 11.9 Å². The van der Waals surface area contributed by atoms with E-state index in [1.165, 1.54) is 0 Å². The number of hydrogen-bond acceptors (Lipinski definition) is 5. The van der Waals surface area contributed by atoms with Crippen LogP contribution in [0.3, 0.4) is 0 Å². The van der Waals surface area contributed by atoms with Gasteiger partial charge in [0.25, 0.3) is 0 Å². The summed E-state index contributed by atoms with van der Waals surface area (Å²) >= 11 is 0. The van der Waals surface area contributed by atoms with Gasteiger partial charge in [-0.2, -0.15) is 5.10 Å². The summed E-state index contributed by atoms with van der Waals surface area (Å²) < 4.78 is 16.1. The second kappa shape index (κ2) is 7.36. The van der Waals surface area contributed by atoms with Gasteiger partial charge in [-0.1, -0.05) is 18.2 Å². The van der Waals surface area contributed by atoms with Crippen LogP contribution < -0.4 is 19.2 Å². The van der Waals surface area contributed by atoms with E-state index < -0.39 is 0 Å². The van der Waals surface area contributed by atoms with Crippen LogP contribution in [0.5, 0.6) is 17.2 Å². The number of anilines is 1. The van der Waals surface area contributed by atoms with Crippen molar-refractivity contribution in [2.45, 2.75) is 0 Å². The van der Waals surface area contributed by atoms with Crippen LogP contribution in [0.25, 0.3) is 0 Å². The zero-order valence-corrected chi connectivity index (χ0v) is 13.2. The summed E-state index contributed by atoms with van der Waals surface area (Å²) in [5.74, 6) is 1.76. The standard InChI is InChI=1S/C17H20N2O3/c1-19(14-8-6-5-7-9-14)18-12-13-10-11-15(20-2)17(22-4)16(13)21-3/h5-12H,1-4H3/b18-12-. The molecule has 0 amide bonds. The molecule has 0 saturated carbocycles. The molecule has 0 fully saturated rings. The highest BCUT2D eigenvalue weighted by Crippen LogP contribution is 2.39. The first-order chi connectivity index (χ1) is 10.7. The molecule has 5 nitrogen and oxygen atoms in total. The van der Waals surface area contributed by atoms with E-state index >= 15 is 0 Å². The van der Waals surface area contributed by atoms with E-state index in [9.17, 15) is 0 Å². The zero-order valence-electron chi connectivity index (χ0n) is 13.2. The Morgan fingerprint density at radius 3 is 2.14 bits per heavy atom. The molecule has 0 N–H and O–H groups in total. The van der Waals surface area contributed by atoms with Crippen LogP contribution >= 0.6 is 0 Å². The highest BCUT2D eigenvalue weighted by molar-refractivity contribution is 5.86. The summed E-state index contributed by atoms with van der Waals surface area (Å²) in [6, 6.07) is 13.6. The van der Waals surface area contributed by atoms with Gasteiger partial charge in [0.1, 0.15) is 0 Å². The lowest BCUT2D eigenvalue weighted by molar-refractivity contribution is 0.324. The van der Waals surface area contributed by atoms with Crippen molar-refractivity contribution in [3.8, 4) is 17.2 Å². The van der Waals surface area contributed by atoms with Crippen LogP contribution in [0, 0.1) is 0 Å². The van der Waals surface area contributed by atoms with Crippen LogP contribution in [0.4, 0.5) is 5.69 Å². The molecule has 22 heavy (non-hydrogen) atoms. The molecule has 5 heteroatoms. The molecule has 0 aliphatic carbocycles. The van der Waals surface area contributed by atoms with Gasteiger partial charge in [0, 0.05) is 12.6 Å². The number of hydrazone groups is 1. The molecule has 116 valence electrons. The van der Waals surface area contributed by atoms with Crippen molar-refractivity contribution in [1.29, 1.82) is 0 Å². The molecule has 2 aromatic carbocycles. The molecular formula is C17H20N2O3. The first kappa shape index (κ1) is 15.7. The highest BCUT2D eigenvalue weighted by atomic mass is 16.5. The number of benzene rings is 2. The molecule has 2 rings (SSSR count). The summed E-state index contributed by atoms with van der Waals surface area (Å²) in [5.41, 5.74) is 1.81. The van der Waals surface area contributed by atoms with Crippen molar-refractivity contribution in [2.24, 2.45) is 5.10 Å². The number of para-hydroxylation sites is 1. The van der Waals surface area contributed by atoms with Crippen LogP contribution in [0.1, 0.15) is 5.56 Å². The van der Waals surface area contributed by atoms with E-state index in [1.807, 2.05) is 49.5 Å². The third-order valence-corrected chi connectivity index (χ3v) is 3.23. The lowest BCUT2D eigenvalue weighted by atomic mass is 10.2. The Bertz CT molecular complexity index is 642. The first-order valence-electron chi connectivity index (χ1n) is 6.83. The van der Waals surface area contributed by atoms with Crippen molar-refractivity contribution < 1.29 is 14.2 Å². The fraction of sp³-hybridized carbons (Fsp3) is 0.235. The van der Waals surface area contributed by atoms with Crippen LogP contribution in [-0.2, 0) is 0 Å². The molecule has 0 aliphatic heterocycles. The van der Waals surface area contributed by atoms with Gasteiger partial charge in [-0.25, -0.2) is 0 Å². The number of nitrogens with zero attached hydrogens (tertiary/aromatic N) is 2. The van der Waals surface area contributed by atoms with Crippen LogP contribution in [-0.4, -0.2) is 34.6 Å². The van der Waals surface area contributed by atoms with Gasteiger partial charge >= 0.3 is 0 Å². The molecule has 0 radical (unpaired) electrons. The second-order valence-corrected chi connectivity index (χ2v) is 4.53. The van der Waals surface area contributed by atoms with E-state index in [0.29, 0.717) is 17.2 Å². The summed E-state index contributed by atoms with van der Waals surface area (Å²) in [4.78, 5) is 0. The fourth-order valence-electron chi connectivity index (χ4n) is 2.09. The van der Waals surface area contributed by atoms with E-state index in [4.69, 9.17) is 14.2 Å². The summed E-state index contributed by atoms with van der Waals surface area (Å²) in [6.45, 7) is 0. The lowest BCUT2D eigenvalue weighted by Gasteiger charge is -2.15. The van der Waals surface area contributed by atoms with Gasteiger partial charge in [0.15, 0.2) is 11.5 Å². The van der Waals surface area contributed by atoms with Crippen molar-refractivity contribution in [3.63, 3.8) is 0 Å². The van der Waals surface area contributed by atoms with Gasteiger partial charge < -0.3 is 14.2 Å². The predicted octanol–water partition coefficient (Wildman–Crippen LogP) is 3.18. The number of rotatable bonds is 6. The average molecular weight is 300 g/mol. The number of methoxy groups -OCH3 is 3. The minimum Gasteiger partial charge on any atom is -0.493 e. The number of hydrogen-bond donors (Lipinski definition) is 0. The Kier molecular flexibility index (Phi) is 5.25. The van der Waals surface area contributed by atoms with Crippen molar-refractivity contribution in [3.05, 3.63) is 48.0 Å². The maximum absolute atomic E-state index is 5.43. The largest absolute Gasteiger partial charge is 0.493 e. The van der Waals surface area contributed by atoms with Gasteiger partial charge in [-0.15, -0.1) is 0 Å². The van der Waals surface area contributed by atoms with E-state index in [1.54, 1.807) is 32.6 Å². The highest BCUT2D eigenvalue weighted by Gasteiger charge is 2.14. The smallest absolute Gasteiger partial charge is 0.203 e. The topological polar surface area (TPSA) is 43.3 Å². The molecule has 0 aliphatic rings. The molecule has 0 saturated heterocycles. The summed E-state index contributed by atoms with van der Waals surface area (Å²) in [6.07, 6.45) is 1.73. The minimum absolute atomic E-state index is 0.552. The quantitative estimate of drug-likeness (QED) is 0.607. The van der Waals surface area contributed by atoms with Crippen LogP contribution in [0.2, 0.25) is 0 Å². The molecule has 0 spiro atoms. The monoisotopic (exact) mass is 300 g/mol. The maximum Gasteiger partial charge on any atom is 0.203 e. The Morgan fingerprint density at radius 2 is 1.55 bits per heavy atom. The summed E-state index contributed by atoms with van der Waals surface area (Å²) in [5, 5.41) is 6.22. The van der Waals surface area contributed by atoms with Gasteiger partial charge in [0.05, 0.1) is 33.2 Å². The zero-order chi connectivity index (χ0) is 15.9. The normalized spacial score (nSPS) is 10.5. The van der Waals surface area contributed by atoms with E-state index in [2.05, 4.69) is 5.10 Å². The Balaban J connectivity index is 2.31. The maximum atomic E-state index is 5.43. The molecular weight excluding hydrogens is 280 g/mol. The predicted molar refractivity (Wildman–Crippen MR) is 88.5 cm³/mol. The Labute approximate surface area is 130 Å². The molecule has 0 aromatic heterocycles. The molecule has 0 bridgehead atoms. The average Bonchev–Trinajstić information content (AvgIpc) is 2.59. The number of ether oxygens (including phenoxy) is 3. The summed E-state index contributed by atoms with van der Waals surface area (Å²) in [7, 11) is 6.65. The molecule has 0 atom stereocenters. The van der Waals surface area contributed by atoms with Crippen LogP contribution in [0.15, 0.2) is 47.6 Å². The van der Waals surface area contributed by atoms with E-state index in [-0.39, 0.29) is 0 Å². The first-order valence-corrected chi connectivity index (χ1v) is 6.83. The van der Waals surface area contributed by atoms with Crippen molar-refractivity contribution in [2.75, 3.05) is 33.4 Å². The van der Waals surface area contributed by atoms with Crippen molar-refractivity contribution in [1.82, 2.24) is 0 Å². The molecule has 0 unspecified atom stereocenters. The van der Waals surface area contributed by atoms with Gasteiger partial charge in [-0.05, 0) is 24.3 Å². The van der Waals surface area contributed by atoms with Gasteiger partial charge in [-0.3, -0.25) is 5.01 Å². The lowest BCUT2D eigenvalue weighted by Crippen LogP contribution is -2.09. The Morgan fingerprint density at radius 1 is 0.864 bits per heavy atom. The Hall–Kier alpha value is -2.69. The third kappa shape index (κ3) is 3.31. The molecule has 0 heterocycles. The third-order valence-electron chi connectivity index (χ3n) is 3.23. The SMILES string of the molecule is COc1ccc(/C=N\N(C)c2ccccc2)c(OC)c1OC. The second-order valence-electron chi connectivity index (χ2n) is 4.53. The fourth-order valence-corrected chi connectivity index (χ4v) is 2.09. The minimum atomic E-state index is 0.552. The van der Waals surface area contributed by atoms with Gasteiger partial charge in [0.2, 0.25) is 5.75 Å².